The van der Waals surface area contributed by atoms with Crippen molar-refractivity contribution >= 4 is 6.08 Å². The number of methoxy groups -OCH3 is 1. The Hall–Kier alpha value is -0.730. The highest BCUT2D eigenvalue weighted by Gasteiger charge is 1.62. The van der Waals surface area contributed by atoms with Crippen molar-refractivity contribution in [2.45, 2.75) is 0 Å². The van der Waals surface area contributed by atoms with E-state index in [0.717, 1.165) is 0 Å². The Morgan fingerprint density at radius 3 is 2.33 bits per heavy atom. The van der Waals surface area contributed by atoms with Crippen molar-refractivity contribution in [1.29, 1.82) is 0 Å². The zero-order chi connectivity index (χ0) is 4.99. The van der Waals surface area contributed by atoms with Gasteiger partial charge in [-0.25, -0.2) is 0 Å². The van der Waals surface area contributed by atoms with Gasteiger partial charge in [-0.05, 0) is 7.11 Å². The van der Waals surface area contributed by atoms with Gasteiger partial charge in [-0.3, -0.25) is 4.99 Å². The normalized spacial score (nSPS) is 11.3. The van der Waals surface area contributed by atoms with Crippen molar-refractivity contribution in [3.63, 3.8) is 0 Å². The molecule has 0 amide bonds. The zero-order valence-electron chi connectivity index (χ0n) is 3.76. The van der Waals surface area contributed by atoms with Crippen LogP contribution in [0, 0.1) is 0 Å². The lowest BCUT2D eigenvalue weighted by Gasteiger charge is -2.02. The Balaban J connectivity index is 3.22. The Morgan fingerprint density at radius 1 is 1.83 bits per heavy atom. The zero-order valence-corrected chi connectivity index (χ0v) is 3.76. The minimum Gasteiger partial charge on any atom is -0.604 e. The molecule has 36 valence electrons. The van der Waals surface area contributed by atoms with E-state index in [-0.39, 0.29) is 0 Å². The van der Waals surface area contributed by atoms with Gasteiger partial charge in [0.2, 0.25) is 0 Å². The van der Waals surface area contributed by atoms with E-state index in [9.17, 15) is 5.11 Å². The number of aliphatic imine (C=N–C) groups is 1. The van der Waals surface area contributed by atoms with Crippen molar-refractivity contribution in [3.8, 4) is 0 Å². The summed E-state index contributed by atoms with van der Waals surface area (Å²) < 4.78 is 4.09. The molecule has 0 unspecified atom stereocenters. The second kappa shape index (κ2) is 2.50. The van der Waals surface area contributed by atoms with Crippen molar-refractivity contribution in [1.82, 2.24) is 0 Å². The first-order chi connectivity index (χ1) is 2.81. The quantitative estimate of drug-likeness (QED) is 0.281. The van der Waals surface area contributed by atoms with Crippen LogP contribution in [0.3, 0.4) is 0 Å². The summed E-state index contributed by atoms with van der Waals surface area (Å²) in [5, 5.41) is 9.79. The monoisotopic (exact) mass is 88.0 g/mol. The van der Waals surface area contributed by atoms with Gasteiger partial charge in [0.25, 0.3) is 0 Å². The van der Waals surface area contributed by atoms with Gasteiger partial charge in [-0.15, -0.1) is 0 Å². The lowest BCUT2D eigenvalue weighted by Crippen LogP contribution is -2.18. The Labute approximate surface area is 36.3 Å². The first-order valence-electron chi connectivity index (χ1n) is 1.49. The van der Waals surface area contributed by atoms with Crippen LogP contribution in [0.5, 0.6) is 0 Å². The van der Waals surface area contributed by atoms with Crippen LogP contribution in [0.2, 0.25) is 0 Å². The molecule has 0 saturated carbocycles. The molecule has 3 heteroatoms. The summed E-state index contributed by atoms with van der Waals surface area (Å²) in [6.07, 6.45) is -0.532. The third-order valence-corrected chi connectivity index (χ3v) is 0.357. The number of nitrogens with zero attached hydrogens (tertiary/aromatic N) is 1. The molecule has 0 heterocycles. The molecule has 0 spiro atoms. The van der Waals surface area contributed by atoms with Gasteiger partial charge in [-0.2, -0.15) is 0 Å². The third-order valence-electron chi connectivity index (χ3n) is 0.357. The van der Waals surface area contributed by atoms with Crippen LogP contribution < -0.4 is 5.11 Å². The molecule has 0 aliphatic rings. The van der Waals surface area contributed by atoms with Gasteiger partial charge in [0.05, 0.1) is 0 Å². The van der Waals surface area contributed by atoms with Crippen molar-refractivity contribution in [3.05, 3.63) is 0 Å². The first-order valence-corrected chi connectivity index (χ1v) is 1.49. The van der Waals surface area contributed by atoms with E-state index in [1.165, 1.54) is 14.2 Å². The summed E-state index contributed by atoms with van der Waals surface area (Å²) in [5.41, 5.74) is 0. The summed E-state index contributed by atoms with van der Waals surface area (Å²) in [6, 6.07) is 0. The Morgan fingerprint density at radius 2 is 2.33 bits per heavy atom. The van der Waals surface area contributed by atoms with Crippen LogP contribution in [-0.4, -0.2) is 20.2 Å². The molecule has 0 aliphatic carbocycles. The van der Waals surface area contributed by atoms with E-state index in [1.807, 2.05) is 0 Å². The number of rotatable bonds is 0. The van der Waals surface area contributed by atoms with E-state index < -0.39 is 6.08 Å². The summed E-state index contributed by atoms with van der Waals surface area (Å²) in [6.45, 7) is 0. The van der Waals surface area contributed by atoms with Gasteiger partial charge in [0.15, 0.2) is 0 Å². The molecule has 0 bridgehead atoms. The fourth-order valence-electron chi connectivity index (χ4n) is 0.0913. The minimum atomic E-state index is -0.532. The second-order valence-corrected chi connectivity index (χ2v) is 0.694. The summed E-state index contributed by atoms with van der Waals surface area (Å²) >= 11 is 0. The average molecular weight is 88.1 g/mol. The highest BCUT2D eigenvalue weighted by atomic mass is 16.6. The highest BCUT2D eigenvalue weighted by Crippen LogP contribution is 1.59. The van der Waals surface area contributed by atoms with Gasteiger partial charge >= 0.3 is 0 Å². The largest absolute Gasteiger partial charge is 0.604 e. The van der Waals surface area contributed by atoms with Crippen molar-refractivity contribution in [2.75, 3.05) is 14.2 Å². The van der Waals surface area contributed by atoms with Crippen molar-refractivity contribution in [2.24, 2.45) is 4.99 Å². The minimum absolute atomic E-state index is 0.532. The Bertz CT molecular complexity index is 59.8. The maximum Gasteiger partial charge on any atom is 0.144 e. The molecule has 0 rings (SSSR count). The highest BCUT2D eigenvalue weighted by molar-refractivity contribution is 5.60. The van der Waals surface area contributed by atoms with Crippen LogP contribution in [0.4, 0.5) is 0 Å². The van der Waals surface area contributed by atoms with E-state index in [2.05, 4.69) is 9.73 Å². The molecule has 6 heavy (non-hydrogen) atoms. The molecule has 0 atom stereocenters. The van der Waals surface area contributed by atoms with Gasteiger partial charge < -0.3 is 9.84 Å². The summed E-state index contributed by atoms with van der Waals surface area (Å²) in [5.74, 6) is 0. The molecule has 0 N–H and O–H groups in total. The molecule has 0 radical (unpaired) electrons. The molecule has 0 aliphatic heterocycles. The van der Waals surface area contributed by atoms with Gasteiger partial charge in [0.1, 0.15) is 6.08 Å². The topological polar surface area (TPSA) is 44.7 Å². The molecule has 0 saturated heterocycles. The van der Waals surface area contributed by atoms with E-state index in [4.69, 9.17) is 0 Å². The molecular weight excluding hydrogens is 82.0 g/mol. The average Bonchev–Trinajstić information content (AvgIpc) is 1.65. The number of hydrogen-bond acceptors (Lipinski definition) is 3. The predicted octanol–water partition coefficient (Wildman–Crippen LogP) is -1.02. The van der Waals surface area contributed by atoms with Gasteiger partial charge in [0, 0.05) is 7.05 Å². The summed E-state index contributed by atoms with van der Waals surface area (Å²) in [4.78, 5) is 3.15. The maximum absolute atomic E-state index is 9.79. The molecule has 0 aromatic heterocycles. The van der Waals surface area contributed by atoms with Crippen LogP contribution >= 0.6 is 0 Å². The Kier molecular flexibility index (Phi) is 2.20. The fraction of sp³-hybridized carbons (Fsp3) is 0.667. The van der Waals surface area contributed by atoms with Gasteiger partial charge in [-0.1, -0.05) is 0 Å². The molecular formula is C3H6NO2-. The maximum atomic E-state index is 9.79. The van der Waals surface area contributed by atoms with Crippen LogP contribution in [0.25, 0.3) is 0 Å². The molecule has 0 fully saturated rings. The van der Waals surface area contributed by atoms with Crippen molar-refractivity contribution < 1.29 is 9.84 Å². The predicted molar refractivity (Wildman–Crippen MR) is 20.4 cm³/mol. The first kappa shape index (κ1) is 5.27. The lowest BCUT2D eigenvalue weighted by atomic mass is 11.2. The molecule has 0 aromatic rings. The van der Waals surface area contributed by atoms with Crippen LogP contribution in [-0.2, 0) is 4.74 Å². The SMILES string of the molecule is CN=C([O-])OC. The standard InChI is InChI=1S/C3H7NO2/c1-4-3(5)6-2/h1-2H3,(H,4,5)/p-1. The molecule has 0 aromatic carbocycles. The number of hydrogen-bond donors (Lipinski definition) is 0. The smallest absolute Gasteiger partial charge is 0.144 e. The second-order valence-electron chi connectivity index (χ2n) is 0.694. The summed E-state index contributed by atoms with van der Waals surface area (Å²) in [7, 11) is 2.67. The third kappa shape index (κ3) is 1.58. The fourth-order valence-corrected chi connectivity index (χ4v) is 0.0913. The lowest BCUT2D eigenvalue weighted by molar-refractivity contribution is -0.247. The van der Waals surface area contributed by atoms with E-state index >= 15 is 0 Å². The van der Waals surface area contributed by atoms with E-state index in [0.29, 0.717) is 0 Å². The molecule has 3 nitrogen and oxygen atoms in total. The number of ether oxygens (including phenoxy) is 1. The van der Waals surface area contributed by atoms with Crippen LogP contribution in [0.1, 0.15) is 0 Å². The van der Waals surface area contributed by atoms with Crippen LogP contribution in [0.15, 0.2) is 4.99 Å². The van der Waals surface area contributed by atoms with E-state index in [1.54, 1.807) is 0 Å².